The Morgan fingerprint density at radius 2 is 2.11 bits per heavy atom. The Morgan fingerprint density at radius 1 is 1.78 bits per heavy atom. The minimum Gasteiger partial charge on any atom is -0.477 e. The summed E-state index contributed by atoms with van der Waals surface area (Å²) in [6, 6.07) is 1.37. The van der Waals surface area contributed by atoms with E-state index in [0.717, 1.165) is 0 Å². The van der Waals surface area contributed by atoms with Crippen molar-refractivity contribution in [2.45, 2.75) is 0 Å². The lowest BCUT2D eigenvalue weighted by atomic mass is 10.4. The molecule has 0 heterocycles. The molecule has 3 N–H and O–H groups in total. The van der Waals surface area contributed by atoms with Gasteiger partial charge < -0.3 is 10.8 Å². The molecule has 0 amide bonds. The number of hydrogen-bond acceptors (Lipinski definition) is 3. The molecule has 0 bridgehead atoms. The summed E-state index contributed by atoms with van der Waals surface area (Å²) >= 11 is 0. The smallest absolute Gasteiger partial charge is 0.345 e. The summed E-state index contributed by atoms with van der Waals surface area (Å²) in [7, 11) is 1.50. The minimum atomic E-state index is -1.26. The van der Waals surface area contributed by atoms with Gasteiger partial charge in [0.25, 0.3) is 0 Å². The van der Waals surface area contributed by atoms with E-state index in [1.807, 2.05) is 0 Å². The molecule has 0 aliphatic carbocycles. The summed E-state index contributed by atoms with van der Waals surface area (Å²) in [6.07, 6.45) is 0. The maximum atomic E-state index is 9.61. The molecule has 0 spiro atoms. The predicted molar refractivity (Wildman–Crippen MR) is 32.5 cm³/mol. The number of rotatable bonds is 1. The van der Waals surface area contributed by atoms with E-state index in [-0.39, 0.29) is 0 Å². The topological polar surface area (TPSA) is 87.1 Å². The zero-order valence-electron chi connectivity index (χ0n) is 5.09. The number of carbonyl (C=O) groups is 1. The van der Waals surface area contributed by atoms with Crippen molar-refractivity contribution in [3.63, 3.8) is 0 Å². The van der Waals surface area contributed by atoms with Crippen molar-refractivity contribution in [2.75, 3.05) is 7.05 Å². The van der Waals surface area contributed by atoms with Gasteiger partial charge in [0.05, 0.1) is 0 Å². The molecule has 0 aliphatic heterocycles. The Kier molecular flexibility index (Phi) is 7.85. The van der Waals surface area contributed by atoms with Crippen LogP contribution in [0.25, 0.3) is 0 Å². The molecule has 4 heteroatoms. The first-order chi connectivity index (χ1) is 4.18. The Balaban J connectivity index is 0. The van der Waals surface area contributed by atoms with Gasteiger partial charge in [0.1, 0.15) is 11.6 Å². The molecule has 0 fully saturated rings. The molecule has 0 aromatic heterocycles. The summed E-state index contributed by atoms with van der Waals surface area (Å²) in [5.41, 5.74) is 4.07. The third kappa shape index (κ3) is 6.66. The maximum absolute atomic E-state index is 9.61. The highest BCUT2D eigenvalue weighted by atomic mass is 16.4. The number of carboxylic acid groups (broad SMARTS) is 1. The van der Waals surface area contributed by atoms with Crippen LogP contribution in [0, 0.1) is 11.3 Å². The monoisotopic (exact) mass is 128 g/mol. The van der Waals surface area contributed by atoms with Crippen molar-refractivity contribution in [3.05, 3.63) is 12.2 Å². The van der Waals surface area contributed by atoms with Gasteiger partial charge in [-0.15, -0.1) is 0 Å². The lowest BCUT2D eigenvalue weighted by Crippen LogP contribution is -1.94. The highest BCUT2D eigenvalue weighted by Crippen LogP contribution is 1.81. The van der Waals surface area contributed by atoms with Crippen molar-refractivity contribution >= 4 is 5.97 Å². The van der Waals surface area contributed by atoms with Gasteiger partial charge in [-0.2, -0.15) is 5.26 Å². The van der Waals surface area contributed by atoms with Crippen LogP contribution in [0.1, 0.15) is 0 Å². The van der Waals surface area contributed by atoms with E-state index in [0.29, 0.717) is 0 Å². The lowest BCUT2D eigenvalue weighted by Gasteiger charge is -1.76. The van der Waals surface area contributed by atoms with Crippen LogP contribution in [0.5, 0.6) is 0 Å². The molecule has 0 saturated carbocycles. The highest BCUT2D eigenvalue weighted by molar-refractivity contribution is 5.90. The lowest BCUT2D eigenvalue weighted by molar-refractivity contribution is -0.132. The van der Waals surface area contributed by atoms with Crippen LogP contribution >= 0.6 is 0 Å². The SMILES string of the molecule is C=C(C#N)C(=O)O.CN. The summed E-state index contributed by atoms with van der Waals surface area (Å²) in [4.78, 5) is 9.61. The maximum Gasteiger partial charge on any atom is 0.345 e. The van der Waals surface area contributed by atoms with Crippen LogP contribution in [0.15, 0.2) is 12.2 Å². The highest BCUT2D eigenvalue weighted by Gasteiger charge is 1.97. The molecule has 0 radical (unpaired) electrons. The van der Waals surface area contributed by atoms with Crippen LogP contribution in [0.4, 0.5) is 0 Å². The molecule has 50 valence electrons. The molecule has 0 aliphatic rings. The van der Waals surface area contributed by atoms with Gasteiger partial charge in [-0.05, 0) is 7.05 Å². The van der Waals surface area contributed by atoms with E-state index in [4.69, 9.17) is 10.4 Å². The van der Waals surface area contributed by atoms with Crippen LogP contribution < -0.4 is 5.73 Å². The largest absolute Gasteiger partial charge is 0.477 e. The molecule has 0 atom stereocenters. The fourth-order valence-corrected chi connectivity index (χ4v) is 0.0478. The normalized spacial score (nSPS) is 5.89. The molecule has 0 saturated heterocycles. The van der Waals surface area contributed by atoms with E-state index in [1.165, 1.54) is 13.1 Å². The quantitative estimate of drug-likeness (QED) is 0.375. The number of carboxylic acids is 1. The molecule has 4 nitrogen and oxygen atoms in total. The Morgan fingerprint density at radius 3 is 2.11 bits per heavy atom. The van der Waals surface area contributed by atoms with Crippen molar-refractivity contribution in [2.24, 2.45) is 5.73 Å². The number of hydrogen-bond donors (Lipinski definition) is 2. The third-order valence-corrected chi connectivity index (χ3v) is 0.393. The van der Waals surface area contributed by atoms with E-state index in [1.54, 1.807) is 0 Å². The second-order valence-electron chi connectivity index (χ2n) is 0.896. The summed E-state index contributed by atoms with van der Waals surface area (Å²) in [5, 5.41) is 15.6. The second-order valence-corrected chi connectivity index (χ2v) is 0.896. The summed E-state index contributed by atoms with van der Waals surface area (Å²) < 4.78 is 0. The number of nitrogens with zero attached hydrogens (tertiary/aromatic N) is 1. The van der Waals surface area contributed by atoms with Gasteiger partial charge in [-0.25, -0.2) is 4.79 Å². The van der Waals surface area contributed by atoms with Crippen LogP contribution in [-0.2, 0) is 4.79 Å². The summed E-state index contributed by atoms with van der Waals surface area (Å²) in [6.45, 7) is 2.91. The second kappa shape index (κ2) is 6.66. The first kappa shape index (κ1) is 10.6. The van der Waals surface area contributed by atoms with Crippen molar-refractivity contribution in [1.29, 1.82) is 5.26 Å². The fraction of sp³-hybridized carbons (Fsp3) is 0.200. The molecular weight excluding hydrogens is 120 g/mol. The molecular formula is C5H8N2O2. The molecule has 0 rings (SSSR count). The van der Waals surface area contributed by atoms with Gasteiger partial charge in [-0.3, -0.25) is 0 Å². The predicted octanol–water partition coefficient (Wildman–Crippen LogP) is -0.274. The van der Waals surface area contributed by atoms with Crippen molar-refractivity contribution < 1.29 is 9.90 Å². The van der Waals surface area contributed by atoms with Crippen molar-refractivity contribution in [3.8, 4) is 6.07 Å². The Hall–Kier alpha value is -1.34. The molecule has 0 aromatic carbocycles. The molecule has 9 heavy (non-hydrogen) atoms. The van der Waals surface area contributed by atoms with Crippen LogP contribution in [0.3, 0.4) is 0 Å². The van der Waals surface area contributed by atoms with E-state index in [2.05, 4.69) is 12.3 Å². The number of aliphatic carboxylic acids is 1. The Bertz CT molecular complexity index is 146. The standard InChI is InChI=1S/C4H3NO2.CH5N/c1-3(2-5)4(6)7;1-2/h1H2,(H,6,7);2H2,1H3. The summed E-state index contributed by atoms with van der Waals surface area (Å²) in [5.74, 6) is -1.26. The van der Waals surface area contributed by atoms with E-state index < -0.39 is 11.5 Å². The average Bonchev–Trinajstić information content (AvgIpc) is 1.91. The fourth-order valence-electron chi connectivity index (χ4n) is 0.0478. The van der Waals surface area contributed by atoms with Gasteiger partial charge >= 0.3 is 5.97 Å². The molecule has 0 aromatic rings. The minimum absolute atomic E-state index is 0.431. The van der Waals surface area contributed by atoms with Crippen molar-refractivity contribution in [1.82, 2.24) is 0 Å². The van der Waals surface area contributed by atoms with Gasteiger partial charge in [0.15, 0.2) is 0 Å². The molecule has 0 unspecified atom stereocenters. The number of nitrogens with two attached hydrogens (primary N) is 1. The number of nitriles is 1. The zero-order valence-corrected chi connectivity index (χ0v) is 5.09. The average molecular weight is 128 g/mol. The van der Waals surface area contributed by atoms with Gasteiger partial charge in [0.2, 0.25) is 0 Å². The first-order valence-electron chi connectivity index (χ1n) is 2.08. The van der Waals surface area contributed by atoms with E-state index in [9.17, 15) is 4.79 Å². The zero-order chi connectivity index (χ0) is 7.86. The van der Waals surface area contributed by atoms with Crippen LogP contribution in [-0.4, -0.2) is 18.1 Å². The van der Waals surface area contributed by atoms with Crippen LogP contribution in [0.2, 0.25) is 0 Å². The van der Waals surface area contributed by atoms with E-state index >= 15 is 0 Å². The van der Waals surface area contributed by atoms with Gasteiger partial charge in [-0.1, -0.05) is 6.58 Å². The Labute approximate surface area is 53.2 Å². The third-order valence-electron chi connectivity index (χ3n) is 0.393. The van der Waals surface area contributed by atoms with Gasteiger partial charge in [0, 0.05) is 0 Å². The first-order valence-corrected chi connectivity index (χ1v) is 2.08.